The number of carbonyl (C=O) groups is 1. The maximum Gasteiger partial charge on any atom is 0.311 e. The van der Waals surface area contributed by atoms with Gasteiger partial charge in [-0.3, -0.25) is 9.78 Å². The SMILES string of the molecule is COc1cncc(S(=O)(=O)N2C[C@@H]3CCC[C@@]3(C(=O)O)C2)c1. The summed E-state index contributed by atoms with van der Waals surface area (Å²) in [5.41, 5.74) is -0.931. The molecule has 2 heterocycles. The van der Waals surface area contributed by atoms with Crippen LogP contribution in [0.4, 0.5) is 0 Å². The molecule has 1 aromatic rings. The van der Waals surface area contributed by atoms with Gasteiger partial charge in [0.05, 0.1) is 18.7 Å². The first-order valence-corrected chi connectivity index (χ1v) is 8.57. The lowest BCUT2D eigenvalue weighted by Gasteiger charge is -2.23. The van der Waals surface area contributed by atoms with Crippen molar-refractivity contribution in [2.75, 3.05) is 20.2 Å². The largest absolute Gasteiger partial charge is 0.495 e. The monoisotopic (exact) mass is 326 g/mol. The first-order valence-electron chi connectivity index (χ1n) is 7.13. The number of pyridine rings is 1. The molecule has 1 aliphatic carbocycles. The highest BCUT2D eigenvalue weighted by atomic mass is 32.2. The Morgan fingerprint density at radius 3 is 2.91 bits per heavy atom. The molecule has 1 aliphatic heterocycles. The van der Waals surface area contributed by atoms with Gasteiger partial charge in [-0.15, -0.1) is 0 Å². The summed E-state index contributed by atoms with van der Waals surface area (Å²) >= 11 is 0. The van der Waals surface area contributed by atoms with Crippen LogP contribution in [0.5, 0.6) is 5.75 Å². The summed E-state index contributed by atoms with van der Waals surface area (Å²) in [6, 6.07) is 1.41. The van der Waals surface area contributed by atoms with E-state index < -0.39 is 21.4 Å². The molecule has 0 bridgehead atoms. The molecule has 0 aromatic carbocycles. The van der Waals surface area contributed by atoms with Crippen molar-refractivity contribution < 1.29 is 23.1 Å². The lowest BCUT2D eigenvalue weighted by Crippen LogP contribution is -2.37. The number of aliphatic carboxylic acids is 1. The first-order chi connectivity index (χ1) is 10.4. The van der Waals surface area contributed by atoms with Crippen molar-refractivity contribution in [1.29, 1.82) is 0 Å². The van der Waals surface area contributed by atoms with Crippen LogP contribution in [-0.4, -0.2) is 49.0 Å². The molecule has 1 N–H and O–H groups in total. The van der Waals surface area contributed by atoms with Crippen molar-refractivity contribution in [2.24, 2.45) is 11.3 Å². The Kier molecular flexibility index (Phi) is 3.60. The van der Waals surface area contributed by atoms with E-state index in [0.717, 1.165) is 12.8 Å². The number of sulfonamides is 1. The molecule has 2 aliphatic rings. The van der Waals surface area contributed by atoms with Crippen molar-refractivity contribution in [3.8, 4) is 5.75 Å². The number of carboxylic acids is 1. The van der Waals surface area contributed by atoms with E-state index >= 15 is 0 Å². The fourth-order valence-corrected chi connectivity index (χ4v) is 5.11. The van der Waals surface area contributed by atoms with Crippen LogP contribution in [0.25, 0.3) is 0 Å². The van der Waals surface area contributed by atoms with E-state index in [2.05, 4.69) is 4.98 Å². The Balaban J connectivity index is 1.93. The van der Waals surface area contributed by atoms with Crippen LogP contribution in [0.3, 0.4) is 0 Å². The van der Waals surface area contributed by atoms with Gasteiger partial charge in [0.2, 0.25) is 10.0 Å². The van der Waals surface area contributed by atoms with Crippen molar-refractivity contribution in [3.05, 3.63) is 18.5 Å². The summed E-state index contributed by atoms with van der Waals surface area (Å²) in [7, 11) is -2.32. The highest BCUT2D eigenvalue weighted by Crippen LogP contribution is 2.50. The topological polar surface area (TPSA) is 96.8 Å². The second-order valence-electron chi connectivity index (χ2n) is 5.91. The molecule has 1 aromatic heterocycles. The number of aromatic nitrogens is 1. The molecule has 1 saturated heterocycles. The van der Waals surface area contributed by atoms with E-state index in [0.29, 0.717) is 12.2 Å². The minimum Gasteiger partial charge on any atom is -0.495 e. The fraction of sp³-hybridized carbons (Fsp3) is 0.571. The summed E-state index contributed by atoms with van der Waals surface area (Å²) in [6.07, 6.45) is 4.82. The van der Waals surface area contributed by atoms with Gasteiger partial charge in [0.15, 0.2) is 0 Å². The van der Waals surface area contributed by atoms with Crippen molar-refractivity contribution in [1.82, 2.24) is 9.29 Å². The van der Waals surface area contributed by atoms with Gasteiger partial charge in [0.25, 0.3) is 0 Å². The highest BCUT2D eigenvalue weighted by Gasteiger charge is 2.57. The summed E-state index contributed by atoms with van der Waals surface area (Å²) in [5, 5.41) is 9.56. The van der Waals surface area contributed by atoms with Crippen molar-refractivity contribution in [3.63, 3.8) is 0 Å². The average Bonchev–Trinajstić information content (AvgIpc) is 3.05. The number of ether oxygens (including phenoxy) is 1. The van der Waals surface area contributed by atoms with Crippen LogP contribution >= 0.6 is 0 Å². The maximum absolute atomic E-state index is 12.7. The van der Waals surface area contributed by atoms with E-state index in [1.807, 2.05) is 0 Å². The zero-order valence-electron chi connectivity index (χ0n) is 12.2. The van der Waals surface area contributed by atoms with E-state index in [-0.39, 0.29) is 23.9 Å². The molecule has 2 fully saturated rings. The number of nitrogens with zero attached hydrogens (tertiary/aromatic N) is 2. The second-order valence-corrected chi connectivity index (χ2v) is 7.85. The van der Waals surface area contributed by atoms with Crippen molar-refractivity contribution >= 4 is 16.0 Å². The zero-order valence-corrected chi connectivity index (χ0v) is 13.0. The quantitative estimate of drug-likeness (QED) is 0.885. The summed E-state index contributed by atoms with van der Waals surface area (Å²) in [5.74, 6) is -0.650. The van der Waals surface area contributed by atoms with E-state index in [1.165, 1.54) is 29.9 Å². The van der Waals surface area contributed by atoms with Gasteiger partial charge in [-0.05, 0) is 18.8 Å². The second kappa shape index (κ2) is 5.20. The molecule has 1 saturated carbocycles. The molecule has 0 spiro atoms. The van der Waals surface area contributed by atoms with Gasteiger partial charge in [0.1, 0.15) is 10.6 Å². The van der Waals surface area contributed by atoms with Gasteiger partial charge in [-0.25, -0.2) is 8.42 Å². The predicted octanol–water partition coefficient (Wildman–Crippen LogP) is 0.966. The summed E-state index contributed by atoms with van der Waals surface area (Å²) in [6.45, 7) is 0.290. The lowest BCUT2D eigenvalue weighted by atomic mass is 9.81. The summed E-state index contributed by atoms with van der Waals surface area (Å²) in [4.78, 5) is 15.6. The molecule has 0 unspecified atom stereocenters. The van der Waals surface area contributed by atoms with Crippen molar-refractivity contribution in [2.45, 2.75) is 24.2 Å². The van der Waals surface area contributed by atoms with Gasteiger partial charge < -0.3 is 9.84 Å². The Morgan fingerprint density at radius 2 is 2.27 bits per heavy atom. The van der Waals surface area contributed by atoms with Crippen LogP contribution < -0.4 is 4.74 Å². The van der Waals surface area contributed by atoms with Crippen LogP contribution in [0.2, 0.25) is 0 Å². The average molecular weight is 326 g/mol. The fourth-order valence-electron chi connectivity index (χ4n) is 3.58. The predicted molar refractivity (Wildman–Crippen MR) is 77.0 cm³/mol. The smallest absolute Gasteiger partial charge is 0.311 e. The van der Waals surface area contributed by atoms with Crippen LogP contribution in [0.15, 0.2) is 23.4 Å². The molecule has 2 atom stereocenters. The van der Waals surface area contributed by atoms with Crippen LogP contribution in [0.1, 0.15) is 19.3 Å². The molecule has 22 heavy (non-hydrogen) atoms. The first kappa shape index (κ1) is 15.2. The molecular weight excluding hydrogens is 308 g/mol. The van der Waals surface area contributed by atoms with Crippen LogP contribution in [0, 0.1) is 11.3 Å². The van der Waals surface area contributed by atoms with Gasteiger partial charge in [-0.2, -0.15) is 4.31 Å². The molecule has 0 amide bonds. The number of hydrogen-bond donors (Lipinski definition) is 1. The van der Waals surface area contributed by atoms with E-state index in [9.17, 15) is 18.3 Å². The zero-order chi connectivity index (χ0) is 16.0. The minimum absolute atomic E-state index is 0.0343. The molecule has 0 radical (unpaired) electrons. The van der Waals surface area contributed by atoms with Crippen LogP contribution in [-0.2, 0) is 14.8 Å². The minimum atomic E-state index is -3.76. The third kappa shape index (κ3) is 2.17. The van der Waals surface area contributed by atoms with E-state index in [1.54, 1.807) is 0 Å². The van der Waals surface area contributed by atoms with Gasteiger partial charge in [0, 0.05) is 25.4 Å². The maximum atomic E-state index is 12.7. The third-order valence-corrected chi connectivity index (χ3v) is 6.60. The molecule has 120 valence electrons. The number of hydrogen-bond acceptors (Lipinski definition) is 5. The highest BCUT2D eigenvalue weighted by molar-refractivity contribution is 7.89. The Morgan fingerprint density at radius 1 is 1.50 bits per heavy atom. The molecule has 3 rings (SSSR count). The number of methoxy groups -OCH3 is 1. The summed E-state index contributed by atoms with van der Waals surface area (Å²) < 4.78 is 31.8. The van der Waals surface area contributed by atoms with Gasteiger partial charge in [-0.1, -0.05) is 6.42 Å². The lowest BCUT2D eigenvalue weighted by molar-refractivity contribution is -0.149. The molecule has 7 nitrogen and oxygen atoms in total. The molecular formula is C14H18N2O5S. The number of rotatable bonds is 4. The Hall–Kier alpha value is -1.67. The Bertz CT molecular complexity index is 705. The normalized spacial score (nSPS) is 28.5. The number of fused-ring (bicyclic) bond motifs is 1. The Labute approximate surface area is 129 Å². The third-order valence-electron chi connectivity index (χ3n) is 4.83. The molecule has 8 heteroatoms. The number of carboxylic acid groups (broad SMARTS) is 1. The van der Waals surface area contributed by atoms with E-state index in [4.69, 9.17) is 4.74 Å². The standard InChI is InChI=1S/C14H18N2O5S/c1-21-11-5-12(7-15-6-11)22(19,20)16-8-10-3-2-4-14(10,9-16)13(17)18/h5-7,10H,2-4,8-9H2,1H3,(H,17,18)/t10-,14+/m0/s1. The van der Waals surface area contributed by atoms with Gasteiger partial charge >= 0.3 is 5.97 Å².